The van der Waals surface area contributed by atoms with Crippen molar-refractivity contribution in [1.82, 2.24) is 5.01 Å². The summed E-state index contributed by atoms with van der Waals surface area (Å²) in [4.78, 5) is 23.5. The van der Waals surface area contributed by atoms with Crippen molar-refractivity contribution in [3.05, 3.63) is 35.9 Å². The van der Waals surface area contributed by atoms with Crippen LogP contribution in [0.5, 0.6) is 0 Å². The minimum Gasteiger partial charge on any atom is -0.299 e. The molecule has 0 saturated heterocycles. The van der Waals surface area contributed by atoms with E-state index < -0.39 is 5.92 Å². The Bertz CT molecular complexity index is 523. The highest BCUT2D eigenvalue weighted by Crippen LogP contribution is 2.20. The van der Waals surface area contributed by atoms with Crippen LogP contribution in [0.2, 0.25) is 0 Å². The molecule has 0 aromatic heterocycles. The molecule has 1 aromatic carbocycles. The Hall–Kier alpha value is -1.97. The Morgan fingerprint density at radius 3 is 2.65 bits per heavy atom. The Morgan fingerprint density at radius 1 is 1.30 bits per heavy atom. The number of hydrazone groups is 1. The molecule has 106 valence electrons. The predicted octanol–water partition coefficient (Wildman–Crippen LogP) is 2.43. The molecule has 0 amide bonds. The first-order valence-corrected chi connectivity index (χ1v) is 6.93. The third kappa shape index (κ3) is 3.53. The zero-order valence-corrected chi connectivity index (χ0v) is 12.0. The van der Waals surface area contributed by atoms with E-state index in [0.717, 1.165) is 18.4 Å². The molecule has 1 aliphatic rings. The van der Waals surface area contributed by atoms with Crippen molar-refractivity contribution in [1.29, 1.82) is 0 Å². The summed E-state index contributed by atoms with van der Waals surface area (Å²) in [5.74, 6) is -0.709. The number of nitrogens with zero attached hydrogens (tertiary/aromatic N) is 2. The van der Waals surface area contributed by atoms with Crippen LogP contribution in [0, 0.1) is 5.92 Å². The normalized spacial score (nSPS) is 21.0. The largest absolute Gasteiger partial charge is 0.299 e. The summed E-state index contributed by atoms with van der Waals surface area (Å²) in [6.45, 7) is 2.14. The second-order valence-corrected chi connectivity index (χ2v) is 5.26. The molecule has 1 unspecified atom stereocenters. The van der Waals surface area contributed by atoms with Gasteiger partial charge in [0, 0.05) is 13.5 Å². The van der Waals surface area contributed by atoms with E-state index in [1.807, 2.05) is 37.4 Å². The van der Waals surface area contributed by atoms with Gasteiger partial charge in [0.1, 0.15) is 17.5 Å². The van der Waals surface area contributed by atoms with E-state index in [1.165, 1.54) is 6.92 Å². The third-order valence-electron chi connectivity index (χ3n) is 3.47. The molecule has 20 heavy (non-hydrogen) atoms. The van der Waals surface area contributed by atoms with E-state index in [1.54, 1.807) is 5.01 Å². The van der Waals surface area contributed by atoms with Crippen LogP contribution >= 0.6 is 0 Å². The zero-order valence-electron chi connectivity index (χ0n) is 12.0. The molecule has 0 spiro atoms. The van der Waals surface area contributed by atoms with Gasteiger partial charge in [0.25, 0.3) is 0 Å². The van der Waals surface area contributed by atoms with Crippen molar-refractivity contribution in [2.75, 3.05) is 7.05 Å². The lowest BCUT2D eigenvalue weighted by atomic mass is 9.83. The van der Waals surface area contributed by atoms with Gasteiger partial charge in [0.2, 0.25) is 0 Å². The van der Waals surface area contributed by atoms with E-state index in [4.69, 9.17) is 0 Å². The number of carbonyl (C=O) groups is 2. The first kappa shape index (κ1) is 14.4. The highest BCUT2D eigenvalue weighted by Gasteiger charge is 2.32. The number of benzene rings is 1. The lowest BCUT2D eigenvalue weighted by Crippen LogP contribution is -2.35. The van der Waals surface area contributed by atoms with Crippen LogP contribution in [0.25, 0.3) is 0 Å². The first-order chi connectivity index (χ1) is 9.58. The van der Waals surface area contributed by atoms with Crippen molar-refractivity contribution in [3.63, 3.8) is 0 Å². The van der Waals surface area contributed by atoms with Crippen LogP contribution in [0.1, 0.15) is 31.7 Å². The summed E-state index contributed by atoms with van der Waals surface area (Å²) in [6, 6.07) is 10.0. The first-order valence-electron chi connectivity index (χ1n) is 6.93. The van der Waals surface area contributed by atoms with Crippen molar-refractivity contribution >= 4 is 17.3 Å². The monoisotopic (exact) mass is 272 g/mol. The van der Waals surface area contributed by atoms with Gasteiger partial charge in [-0.2, -0.15) is 5.10 Å². The molecule has 4 nitrogen and oxygen atoms in total. The van der Waals surface area contributed by atoms with Crippen LogP contribution in [0.4, 0.5) is 0 Å². The molecule has 0 aliphatic heterocycles. The maximum absolute atomic E-state index is 11.9. The third-order valence-corrected chi connectivity index (χ3v) is 3.47. The summed E-state index contributed by atoms with van der Waals surface area (Å²) in [6.07, 6.45) is 2.02. The quantitative estimate of drug-likeness (QED) is 0.625. The van der Waals surface area contributed by atoms with Crippen LogP contribution < -0.4 is 0 Å². The second kappa shape index (κ2) is 6.46. The molecule has 4 heteroatoms. The van der Waals surface area contributed by atoms with Crippen molar-refractivity contribution in [2.45, 2.75) is 32.7 Å². The van der Waals surface area contributed by atoms with E-state index in [0.29, 0.717) is 18.7 Å². The molecule has 1 saturated carbocycles. The molecule has 1 atom stereocenters. The van der Waals surface area contributed by atoms with Gasteiger partial charge < -0.3 is 0 Å². The SMILES string of the molecule is CC(=O)C1C(=O)CCCC1=NN(C)Cc1ccccc1. The number of hydrogen-bond acceptors (Lipinski definition) is 4. The van der Waals surface area contributed by atoms with Gasteiger partial charge in [0.15, 0.2) is 0 Å². The maximum Gasteiger partial charge on any atom is 0.149 e. The fourth-order valence-corrected chi connectivity index (χ4v) is 2.59. The van der Waals surface area contributed by atoms with Crippen LogP contribution in [-0.4, -0.2) is 29.3 Å². The van der Waals surface area contributed by atoms with Gasteiger partial charge in [-0.05, 0) is 25.3 Å². The fourth-order valence-electron chi connectivity index (χ4n) is 2.59. The molecule has 1 fully saturated rings. The number of rotatable bonds is 4. The van der Waals surface area contributed by atoms with Gasteiger partial charge >= 0.3 is 0 Å². The highest BCUT2D eigenvalue weighted by atomic mass is 16.1. The van der Waals surface area contributed by atoms with Gasteiger partial charge in [-0.3, -0.25) is 14.6 Å². The molecule has 0 radical (unpaired) electrons. The molecule has 0 N–H and O–H groups in total. The fraction of sp³-hybridized carbons (Fsp3) is 0.438. The Morgan fingerprint density at radius 2 is 2.00 bits per heavy atom. The van der Waals surface area contributed by atoms with E-state index in [2.05, 4.69) is 5.10 Å². The number of Topliss-reactive ketones (excluding diaryl/α,β-unsaturated/α-hetero) is 2. The summed E-state index contributed by atoms with van der Waals surface area (Å²) in [7, 11) is 1.87. The van der Waals surface area contributed by atoms with Crippen molar-refractivity contribution < 1.29 is 9.59 Å². The Labute approximate surface area is 119 Å². The molecule has 2 rings (SSSR count). The Kier molecular flexibility index (Phi) is 4.66. The summed E-state index contributed by atoms with van der Waals surface area (Å²) in [5.41, 5.74) is 1.87. The van der Waals surface area contributed by atoms with E-state index >= 15 is 0 Å². The summed E-state index contributed by atoms with van der Waals surface area (Å²) in [5, 5.41) is 6.30. The lowest BCUT2D eigenvalue weighted by molar-refractivity contribution is -0.129. The number of hydrogen-bond donors (Lipinski definition) is 0. The Balaban J connectivity index is 2.11. The van der Waals surface area contributed by atoms with Gasteiger partial charge in [0.05, 0.1) is 12.3 Å². The molecule has 1 aromatic rings. The second-order valence-electron chi connectivity index (χ2n) is 5.26. The summed E-state index contributed by atoms with van der Waals surface area (Å²) >= 11 is 0. The van der Waals surface area contributed by atoms with Gasteiger partial charge in [-0.1, -0.05) is 30.3 Å². The van der Waals surface area contributed by atoms with Gasteiger partial charge in [-0.25, -0.2) is 0 Å². The minimum atomic E-state index is -0.623. The molecular weight excluding hydrogens is 252 g/mol. The zero-order chi connectivity index (χ0) is 14.5. The summed E-state index contributed by atoms with van der Waals surface area (Å²) < 4.78 is 0. The van der Waals surface area contributed by atoms with Crippen LogP contribution in [0.3, 0.4) is 0 Å². The van der Waals surface area contributed by atoms with Crippen LogP contribution in [0.15, 0.2) is 35.4 Å². The van der Waals surface area contributed by atoms with Crippen LogP contribution in [-0.2, 0) is 16.1 Å². The predicted molar refractivity (Wildman–Crippen MR) is 78.4 cm³/mol. The van der Waals surface area contributed by atoms with Gasteiger partial charge in [-0.15, -0.1) is 0 Å². The average Bonchev–Trinajstić information content (AvgIpc) is 2.39. The van der Waals surface area contributed by atoms with E-state index in [9.17, 15) is 9.59 Å². The standard InChI is InChI=1S/C16H20N2O2/c1-12(19)16-14(9-6-10-15(16)20)17-18(2)11-13-7-4-3-5-8-13/h3-5,7-8,16H,6,9-11H2,1-2H3. The smallest absolute Gasteiger partial charge is 0.149 e. The van der Waals surface area contributed by atoms with Crippen molar-refractivity contribution in [3.8, 4) is 0 Å². The van der Waals surface area contributed by atoms with E-state index in [-0.39, 0.29) is 11.6 Å². The lowest BCUT2D eigenvalue weighted by Gasteiger charge is -2.23. The molecular formula is C16H20N2O2. The average molecular weight is 272 g/mol. The number of ketones is 2. The van der Waals surface area contributed by atoms with Crippen molar-refractivity contribution in [2.24, 2.45) is 11.0 Å². The highest BCUT2D eigenvalue weighted by molar-refractivity contribution is 6.21. The molecule has 1 aliphatic carbocycles. The molecule has 0 heterocycles. The maximum atomic E-state index is 11.9. The molecule has 0 bridgehead atoms. The number of carbonyl (C=O) groups excluding carboxylic acids is 2. The minimum absolute atomic E-state index is 0.00983. The topological polar surface area (TPSA) is 49.7 Å².